The van der Waals surface area contributed by atoms with Crippen LogP contribution in [-0.4, -0.2) is 36.9 Å². The molecule has 0 aliphatic carbocycles. The number of methoxy groups -OCH3 is 1. The third-order valence-corrected chi connectivity index (χ3v) is 3.28. The van der Waals surface area contributed by atoms with Crippen molar-refractivity contribution in [1.29, 1.82) is 0 Å². The van der Waals surface area contributed by atoms with Gasteiger partial charge in [0.05, 0.1) is 12.2 Å². The third-order valence-electron chi connectivity index (χ3n) is 3.28. The Hall–Kier alpha value is -0.610. The Kier molecular flexibility index (Phi) is 9.09. The number of rotatable bonds is 9. The van der Waals surface area contributed by atoms with E-state index < -0.39 is 6.10 Å². The van der Waals surface area contributed by atoms with Crippen molar-refractivity contribution in [1.82, 2.24) is 5.32 Å². The Morgan fingerprint density at radius 3 is 2.41 bits per heavy atom. The maximum atomic E-state index is 11.5. The van der Waals surface area contributed by atoms with Crippen molar-refractivity contribution in [2.45, 2.75) is 58.7 Å². The summed E-state index contributed by atoms with van der Waals surface area (Å²) in [5, 5.41) is 12.6. The largest absolute Gasteiger partial charge is 0.391 e. The Morgan fingerprint density at radius 2 is 1.94 bits per heavy atom. The predicted molar refractivity (Wildman–Crippen MR) is 68.8 cm³/mol. The van der Waals surface area contributed by atoms with Crippen molar-refractivity contribution in [3.63, 3.8) is 0 Å². The lowest BCUT2D eigenvalue weighted by Crippen LogP contribution is -2.36. The van der Waals surface area contributed by atoms with Gasteiger partial charge in [-0.15, -0.1) is 0 Å². The van der Waals surface area contributed by atoms with E-state index in [-0.39, 0.29) is 17.9 Å². The maximum Gasteiger partial charge on any atom is 0.220 e. The number of aliphatic hydroxyl groups is 1. The number of hydrogen-bond donors (Lipinski definition) is 2. The van der Waals surface area contributed by atoms with Crippen LogP contribution < -0.4 is 5.32 Å². The smallest absolute Gasteiger partial charge is 0.220 e. The normalized spacial score (nSPS) is 14.7. The summed E-state index contributed by atoms with van der Waals surface area (Å²) in [7, 11) is 1.64. The molecular formula is C13H27NO3. The van der Waals surface area contributed by atoms with E-state index in [2.05, 4.69) is 19.2 Å². The number of hydrogen-bond acceptors (Lipinski definition) is 3. The van der Waals surface area contributed by atoms with Crippen LogP contribution in [0.15, 0.2) is 0 Å². The molecule has 0 bridgehead atoms. The summed E-state index contributed by atoms with van der Waals surface area (Å²) >= 11 is 0. The lowest BCUT2D eigenvalue weighted by atomic mass is 9.96. The molecule has 0 aliphatic heterocycles. The van der Waals surface area contributed by atoms with Crippen molar-refractivity contribution >= 4 is 5.91 Å². The van der Waals surface area contributed by atoms with Crippen molar-refractivity contribution < 1.29 is 14.6 Å². The SMILES string of the molecule is CCC(CC)C(O)CNC(=O)CCC(C)OC. The molecule has 0 aromatic heterocycles. The first kappa shape index (κ1) is 16.4. The van der Waals surface area contributed by atoms with Crippen LogP contribution in [0, 0.1) is 5.92 Å². The standard InChI is InChI=1S/C13H27NO3/c1-5-11(6-2)12(15)9-14-13(16)8-7-10(3)17-4/h10-12,15H,5-9H2,1-4H3,(H,14,16). The van der Waals surface area contributed by atoms with Crippen LogP contribution in [0.4, 0.5) is 0 Å². The van der Waals surface area contributed by atoms with Crippen LogP contribution in [0.1, 0.15) is 46.5 Å². The molecule has 2 unspecified atom stereocenters. The number of ether oxygens (including phenoxy) is 1. The zero-order chi connectivity index (χ0) is 13.3. The van der Waals surface area contributed by atoms with E-state index in [1.165, 1.54) is 0 Å². The minimum atomic E-state index is -0.436. The second-order valence-electron chi connectivity index (χ2n) is 4.53. The van der Waals surface area contributed by atoms with Gasteiger partial charge in [0, 0.05) is 20.1 Å². The maximum absolute atomic E-state index is 11.5. The van der Waals surface area contributed by atoms with Crippen molar-refractivity contribution in [3.05, 3.63) is 0 Å². The van der Waals surface area contributed by atoms with Gasteiger partial charge in [-0.05, 0) is 19.3 Å². The molecule has 0 aromatic carbocycles. The fourth-order valence-electron chi connectivity index (χ4n) is 1.76. The molecule has 0 radical (unpaired) electrons. The fraction of sp³-hybridized carbons (Fsp3) is 0.923. The molecule has 0 aliphatic rings. The summed E-state index contributed by atoms with van der Waals surface area (Å²) in [6.07, 6.45) is 2.70. The van der Waals surface area contributed by atoms with Crippen LogP contribution in [0.25, 0.3) is 0 Å². The molecule has 17 heavy (non-hydrogen) atoms. The minimum Gasteiger partial charge on any atom is -0.391 e. The second-order valence-corrected chi connectivity index (χ2v) is 4.53. The van der Waals surface area contributed by atoms with E-state index in [1.807, 2.05) is 6.92 Å². The molecule has 2 atom stereocenters. The van der Waals surface area contributed by atoms with Crippen LogP contribution in [0.5, 0.6) is 0 Å². The van der Waals surface area contributed by atoms with Crippen molar-refractivity contribution in [2.24, 2.45) is 5.92 Å². The topological polar surface area (TPSA) is 58.6 Å². The Morgan fingerprint density at radius 1 is 1.35 bits per heavy atom. The van der Waals surface area contributed by atoms with Gasteiger partial charge in [-0.25, -0.2) is 0 Å². The molecule has 4 heteroatoms. The molecule has 4 nitrogen and oxygen atoms in total. The number of carbonyl (C=O) groups excluding carboxylic acids is 1. The molecule has 0 aromatic rings. The Balaban J connectivity index is 3.75. The highest BCUT2D eigenvalue weighted by atomic mass is 16.5. The first-order valence-corrected chi connectivity index (χ1v) is 6.52. The average molecular weight is 245 g/mol. The van der Waals surface area contributed by atoms with Crippen LogP contribution in [-0.2, 0) is 9.53 Å². The van der Waals surface area contributed by atoms with E-state index in [0.717, 1.165) is 12.8 Å². The highest BCUT2D eigenvalue weighted by Gasteiger charge is 2.16. The Bertz CT molecular complexity index is 205. The monoisotopic (exact) mass is 245 g/mol. The fourth-order valence-corrected chi connectivity index (χ4v) is 1.76. The number of carbonyl (C=O) groups is 1. The molecule has 102 valence electrons. The van der Waals surface area contributed by atoms with Crippen LogP contribution in [0.3, 0.4) is 0 Å². The zero-order valence-electron chi connectivity index (χ0n) is 11.5. The first-order chi connectivity index (χ1) is 8.04. The average Bonchev–Trinajstić information content (AvgIpc) is 2.34. The summed E-state index contributed by atoms with van der Waals surface area (Å²) in [5.41, 5.74) is 0. The molecule has 2 N–H and O–H groups in total. The highest BCUT2D eigenvalue weighted by molar-refractivity contribution is 5.75. The number of amides is 1. The quantitative estimate of drug-likeness (QED) is 0.650. The van der Waals surface area contributed by atoms with E-state index in [9.17, 15) is 9.90 Å². The van der Waals surface area contributed by atoms with Gasteiger partial charge in [-0.2, -0.15) is 0 Å². The molecule has 0 saturated heterocycles. The lowest BCUT2D eigenvalue weighted by molar-refractivity contribution is -0.122. The molecule has 0 heterocycles. The summed E-state index contributed by atoms with van der Waals surface area (Å²) in [4.78, 5) is 11.5. The van der Waals surface area contributed by atoms with Crippen molar-refractivity contribution in [2.75, 3.05) is 13.7 Å². The molecule has 0 fully saturated rings. The summed E-state index contributed by atoms with van der Waals surface area (Å²) in [5.74, 6) is 0.257. The third kappa shape index (κ3) is 7.34. The van der Waals surface area contributed by atoms with Crippen molar-refractivity contribution in [3.8, 4) is 0 Å². The highest BCUT2D eigenvalue weighted by Crippen LogP contribution is 2.12. The van der Waals surface area contributed by atoms with Gasteiger partial charge in [0.1, 0.15) is 0 Å². The lowest BCUT2D eigenvalue weighted by Gasteiger charge is -2.20. The summed E-state index contributed by atoms with van der Waals surface area (Å²) in [6, 6.07) is 0. The first-order valence-electron chi connectivity index (χ1n) is 6.52. The molecular weight excluding hydrogens is 218 g/mol. The van der Waals surface area contributed by atoms with Gasteiger partial charge in [0.2, 0.25) is 5.91 Å². The van der Waals surface area contributed by atoms with E-state index in [0.29, 0.717) is 19.4 Å². The number of nitrogens with one attached hydrogen (secondary N) is 1. The van der Waals surface area contributed by atoms with Gasteiger partial charge < -0.3 is 15.2 Å². The van der Waals surface area contributed by atoms with Gasteiger partial charge >= 0.3 is 0 Å². The van der Waals surface area contributed by atoms with E-state index in [1.54, 1.807) is 7.11 Å². The Labute approximate surface area is 105 Å². The van der Waals surface area contributed by atoms with Crippen LogP contribution >= 0.6 is 0 Å². The predicted octanol–water partition coefficient (Wildman–Crippen LogP) is 1.71. The van der Waals surface area contributed by atoms with Crippen LogP contribution in [0.2, 0.25) is 0 Å². The molecule has 0 rings (SSSR count). The molecule has 0 spiro atoms. The molecule has 0 saturated carbocycles. The molecule has 1 amide bonds. The van der Waals surface area contributed by atoms with Gasteiger partial charge in [0.25, 0.3) is 0 Å². The zero-order valence-corrected chi connectivity index (χ0v) is 11.5. The van der Waals surface area contributed by atoms with Gasteiger partial charge in [-0.1, -0.05) is 26.7 Å². The second kappa shape index (κ2) is 9.42. The van der Waals surface area contributed by atoms with E-state index in [4.69, 9.17) is 4.74 Å². The number of aliphatic hydroxyl groups excluding tert-OH is 1. The summed E-state index contributed by atoms with van der Waals surface area (Å²) < 4.78 is 5.07. The van der Waals surface area contributed by atoms with Gasteiger partial charge in [0.15, 0.2) is 0 Å². The summed E-state index contributed by atoms with van der Waals surface area (Å²) in [6.45, 7) is 6.40. The van der Waals surface area contributed by atoms with Gasteiger partial charge in [-0.3, -0.25) is 4.79 Å². The minimum absolute atomic E-state index is 0.0149. The van der Waals surface area contributed by atoms with E-state index >= 15 is 0 Å².